The van der Waals surface area contributed by atoms with Crippen molar-refractivity contribution in [1.29, 1.82) is 5.26 Å². The number of ether oxygens (including phenoxy) is 1. The average molecular weight is 154 g/mol. The van der Waals surface area contributed by atoms with Gasteiger partial charge in [0.25, 0.3) is 0 Å². The minimum atomic E-state index is -0.545. The molecule has 0 atom stereocenters. The third kappa shape index (κ3) is 2.56. The number of amides is 1. The maximum Gasteiger partial charge on any atom is 0.322 e. The van der Waals surface area contributed by atoms with Crippen molar-refractivity contribution in [2.45, 2.75) is 18.9 Å². The number of carbonyl (C=O) groups is 1. The molecule has 1 N–H and O–H groups in total. The highest BCUT2D eigenvalue weighted by Gasteiger charge is 2.14. The Morgan fingerprint density at radius 1 is 1.55 bits per heavy atom. The first-order valence-electron chi connectivity index (χ1n) is 3.61. The van der Waals surface area contributed by atoms with Crippen LogP contribution in [0, 0.1) is 11.3 Å². The number of nitriles is 1. The van der Waals surface area contributed by atoms with Gasteiger partial charge in [0.1, 0.15) is 0 Å². The second kappa shape index (κ2) is 3.94. The Balaban J connectivity index is 2.25. The second-order valence-corrected chi connectivity index (χ2v) is 2.47. The van der Waals surface area contributed by atoms with Crippen LogP contribution in [0.3, 0.4) is 0 Å². The number of hydrogen-bond acceptors (Lipinski definition) is 3. The molecule has 0 aromatic heterocycles. The van der Waals surface area contributed by atoms with Crippen LogP contribution < -0.4 is 5.32 Å². The third-order valence-electron chi connectivity index (χ3n) is 1.66. The monoisotopic (exact) mass is 154 g/mol. The van der Waals surface area contributed by atoms with E-state index >= 15 is 0 Å². The minimum absolute atomic E-state index is 0.135. The number of hydrogen-bond donors (Lipinski definition) is 1. The highest BCUT2D eigenvalue weighted by molar-refractivity contribution is 5.91. The van der Waals surface area contributed by atoms with Crippen molar-refractivity contribution in [3.05, 3.63) is 0 Å². The Bertz CT molecular complexity index is 179. The van der Waals surface area contributed by atoms with Crippen LogP contribution in [-0.4, -0.2) is 25.2 Å². The molecule has 0 bridgehead atoms. The molecule has 1 saturated heterocycles. The molecule has 4 heteroatoms. The fourth-order valence-corrected chi connectivity index (χ4v) is 1.06. The topological polar surface area (TPSA) is 62.1 Å². The fraction of sp³-hybridized carbons (Fsp3) is 0.714. The van der Waals surface area contributed by atoms with Crippen molar-refractivity contribution < 1.29 is 9.53 Å². The molecule has 4 nitrogen and oxygen atoms in total. The predicted octanol–water partition coefficient (Wildman–Crippen LogP) is -0.195. The van der Waals surface area contributed by atoms with Gasteiger partial charge in [0.2, 0.25) is 0 Å². The standard InChI is InChI=1S/C7H10N2O2/c8-5-7(10)9-6-1-3-11-4-2-6/h6H,1-4H2,(H,9,10). The molecule has 0 aliphatic carbocycles. The Morgan fingerprint density at radius 2 is 2.18 bits per heavy atom. The van der Waals surface area contributed by atoms with Crippen LogP contribution in [0.5, 0.6) is 0 Å². The first kappa shape index (κ1) is 8.02. The van der Waals surface area contributed by atoms with Crippen LogP contribution in [0.1, 0.15) is 12.8 Å². The van der Waals surface area contributed by atoms with Gasteiger partial charge in [0.05, 0.1) is 0 Å². The van der Waals surface area contributed by atoms with Gasteiger partial charge in [-0.05, 0) is 12.8 Å². The van der Waals surface area contributed by atoms with E-state index in [2.05, 4.69) is 5.32 Å². The zero-order valence-corrected chi connectivity index (χ0v) is 6.17. The highest BCUT2D eigenvalue weighted by atomic mass is 16.5. The fourth-order valence-electron chi connectivity index (χ4n) is 1.06. The van der Waals surface area contributed by atoms with Crippen LogP contribution >= 0.6 is 0 Å². The molecule has 1 aliphatic rings. The first-order valence-corrected chi connectivity index (χ1v) is 3.61. The van der Waals surface area contributed by atoms with Gasteiger partial charge in [0.15, 0.2) is 6.07 Å². The maximum absolute atomic E-state index is 10.6. The van der Waals surface area contributed by atoms with Crippen LogP contribution in [0.2, 0.25) is 0 Å². The smallest absolute Gasteiger partial charge is 0.322 e. The van der Waals surface area contributed by atoms with Gasteiger partial charge in [0, 0.05) is 19.3 Å². The van der Waals surface area contributed by atoms with E-state index < -0.39 is 5.91 Å². The van der Waals surface area contributed by atoms with Gasteiger partial charge in [-0.3, -0.25) is 4.79 Å². The van der Waals surface area contributed by atoms with E-state index in [4.69, 9.17) is 10.00 Å². The summed E-state index contributed by atoms with van der Waals surface area (Å²) in [6, 6.07) is 1.66. The Labute approximate surface area is 65.1 Å². The lowest BCUT2D eigenvalue weighted by molar-refractivity contribution is -0.117. The second-order valence-electron chi connectivity index (χ2n) is 2.47. The molecule has 1 amide bonds. The zero-order chi connectivity index (χ0) is 8.10. The van der Waals surface area contributed by atoms with Gasteiger partial charge < -0.3 is 10.1 Å². The summed E-state index contributed by atoms with van der Waals surface area (Å²) in [6.07, 6.45) is 1.63. The summed E-state index contributed by atoms with van der Waals surface area (Å²) in [4.78, 5) is 10.6. The van der Waals surface area contributed by atoms with E-state index in [1.165, 1.54) is 6.07 Å². The molecule has 0 aromatic carbocycles. The molecular weight excluding hydrogens is 144 g/mol. The van der Waals surface area contributed by atoms with Crippen molar-refractivity contribution >= 4 is 5.91 Å². The van der Waals surface area contributed by atoms with Crippen molar-refractivity contribution in [2.75, 3.05) is 13.2 Å². The summed E-state index contributed by atoms with van der Waals surface area (Å²) in [5.41, 5.74) is 0. The Kier molecular flexibility index (Phi) is 2.87. The number of rotatable bonds is 1. The van der Waals surface area contributed by atoms with Gasteiger partial charge in [-0.25, -0.2) is 0 Å². The van der Waals surface area contributed by atoms with Crippen LogP contribution in [0.25, 0.3) is 0 Å². The Hall–Kier alpha value is -1.08. The molecule has 11 heavy (non-hydrogen) atoms. The number of carbonyl (C=O) groups excluding carboxylic acids is 1. The van der Waals surface area contributed by atoms with Crippen molar-refractivity contribution in [3.8, 4) is 6.07 Å². The lowest BCUT2D eigenvalue weighted by atomic mass is 10.1. The lowest BCUT2D eigenvalue weighted by Crippen LogP contribution is -2.38. The third-order valence-corrected chi connectivity index (χ3v) is 1.66. The minimum Gasteiger partial charge on any atom is -0.381 e. The lowest BCUT2D eigenvalue weighted by Gasteiger charge is -2.21. The molecule has 1 fully saturated rings. The van der Waals surface area contributed by atoms with E-state index in [1.807, 2.05) is 0 Å². The molecule has 60 valence electrons. The summed E-state index contributed by atoms with van der Waals surface area (Å²) < 4.78 is 5.08. The van der Waals surface area contributed by atoms with Crippen LogP contribution in [-0.2, 0) is 9.53 Å². The van der Waals surface area contributed by atoms with Crippen molar-refractivity contribution in [1.82, 2.24) is 5.32 Å². The van der Waals surface area contributed by atoms with Crippen LogP contribution in [0.15, 0.2) is 0 Å². The quantitative estimate of drug-likeness (QED) is 0.532. The van der Waals surface area contributed by atoms with Gasteiger partial charge in [-0.2, -0.15) is 5.26 Å². The van der Waals surface area contributed by atoms with E-state index in [0.29, 0.717) is 13.2 Å². The van der Waals surface area contributed by atoms with E-state index in [-0.39, 0.29) is 6.04 Å². The van der Waals surface area contributed by atoms with E-state index in [1.54, 1.807) is 0 Å². The molecule has 0 radical (unpaired) electrons. The van der Waals surface area contributed by atoms with E-state index in [9.17, 15) is 4.79 Å². The first-order chi connectivity index (χ1) is 5.33. The largest absolute Gasteiger partial charge is 0.381 e. The van der Waals surface area contributed by atoms with Crippen LogP contribution in [0.4, 0.5) is 0 Å². The molecule has 1 heterocycles. The van der Waals surface area contributed by atoms with Crippen molar-refractivity contribution in [3.63, 3.8) is 0 Å². The van der Waals surface area contributed by atoms with Gasteiger partial charge in [-0.1, -0.05) is 0 Å². The predicted molar refractivity (Wildman–Crippen MR) is 37.6 cm³/mol. The summed E-state index contributed by atoms with van der Waals surface area (Å²) in [7, 11) is 0. The maximum atomic E-state index is 10.6. The summed E-state index contributed by atoms with van der Waals surface area (Å²) in [5, 5.41) is 10.8. The zero-order valence-electron chi connectivity index (χ0n) is 6.17. The molecular formula is C7H10N2O2. The molecule has 0 unspecified atom stereocenters. The molecule has 1 rings (SSSR count). The summed E-state index contributed by atoms with van der Waals surface area (Å²) >= 11 is 0. The molecule has 1 aliphatic heterocycles. The van der Waals surface area contributed by atoms with E-state index in [0.717, 1.165) is 12.8 Å². The van der Waals surface area contributed by atoms with Gasteiger partial charge >= 0.3 is 5.91 Å². The molecule has 0 aromatic rings. The van der Waals surface area contributed by atoms with Crippen molar-refractivity contribution in [2.24, 2.45) is 0 Å². The number of nitrogens with one attached hydrogen (secondary N) is 1. The summed E-state index contributed by atoms with van der Waals surface area (Å²) in [6.45, 7) is 1.35. The average Bonchev–Trinajstić information content (AvgIpc) is 2.06. The SMILES string of the molecule is N#CC(=O)NC1CCOCC1. The van der Waals surface area contributed by atoms with Gasteiger partial charge in [-0.15, -0.1) is 0 Å². The highest BCUT2D eigenvalue weighted by Crippen LogP contribution is 2.05. The number of nitrogens with zero attached hydrogens (tertiary/aromatic N) is 1. The normalized spacial score (nSPS) is 18.8. The molecule has 0 saturated carbocycles. The molecule has 0 spiro atoms. The summed E-state index contributed by atoms with van der Waals surface area (Å²) in [5.74, 6) is -0.545. The Morgan fingerprint density at radius 3 is 2.73 bits per heavy atom.